The van der Waals surface area contributed by atoms with Crippen LogP contribution in [0, 0.1) is 6.92 Å². The molecule has 4 rings (SSSR count). The number of aryl methyl sites for hydroxylation is 1. The fourth-order valence-electron chi connectivity index (χ4n) is 4.84. The van der Waals surface area contributed by atoms with Gasteiger partial charge in [0.05, 0.1) is 11.0 Å². The van der Waals surface area contributed by atoms with Gasteiger partial charge in [-0.1, -0.05) is 24.3 Å². The summed E-state index contributed by atoms with van der Waals surface area (Å²) in [6, 6.07) is 14.0. The zero-order chi connectivity index (χ0) is 23.4. The van der Waals surface area contributed by atoms with Crippen molar-refractivity contribution in [3.63, 3.8) is 0 Å². The van der Waals surface area contributed by atoms with Gasteiger partial charge in [-0.3, -0.25) is 9.13 Å². The minimum absolute atomic E-state index is 0.188. The van der Waals surface area contributed by atoms with Gasteiger partial charge in [0.2, 0.25) is 0 Å². The Hall–Kier alpha value is -3.02. The molecule has 1 aromatic heterocycles. The maximum absolute atomic E-state index is 13.8. The smallest absolute Gasteiger partial charge is 0.332 e. The largest absolute Gasteiger partial charge is 0.458 e. The molecule has 2 aromatic carbocycles. The quantitative estimate of drug-likeness (QED) is 0.569. The van der Waals surface area contributed by atoms with Crippen molar-refractivity contribution in [1.82, 2.24) is 9.13 Å². The van der Waals surface area contributed by atoms with E-state index in [1.54, 1.807) is 18.4 Å². The molecular weight excluding hydrogens is 402 g/mol. The lowest BCUT2D eigenvalue weighted by atomic mass is 9.96. The van der Waals surface area contributed by atoms with Gasteiger partial charge < -0.3 is 9.64 Å². The van der Waals surface area contributed by atoms with E-state index in [1.165, 1.54) is 16.8 Å². The van der Waals surface area contributed by atoms with Crippen LogP contribution in [0.1, 0.15) is 51.7 Å². The van der Waals surface area contributed by atoms with Crippen LogP contribution < -0.4 is 10.6 Å². The molecule has 0 aliphatic carbocycles. The fraction of sp³-hybridized carbons (Fsp3) is 0.462. The number of carbonyl (C=O) groups excluding carboxylic acids is 1. The van der Waals surface area contributed by atoms with Gasteiger partial charge in [-0.15, -0.1) is 0 Å². The van der Waals surface area contributed by atoms with E-state index in [0.29, 0.717) is 6.54 Å². The maximum atomic E-state index is 13.8. The van der Waals surface area contributed by atoms with Crippen LogP contribution in [0.25, 0.3) is 11.0 Å². The van der Waals surface area contributed by atoms with Crippen LogP contribution in [0.2, 0.25) is 0 Å². The molecular formula is C26H33N3O3. The van der Waals surface area contributed by atoms with Crippen LogP contribution in [-0.4, -0.2) is 34.3 Å². The van der Waals surface area contributed by atoms with Gasteiger partial charge in [0.1, 0.15) is 11.1 Å². The number of ether oxygens (including phenoxy) is 1. The lowest BCUT2D eigenvalue weighted by Gasteiger charge is -2.29. The summed E-state index contributed by atoms with van der Waals surface area (Å²) in [6.07, 6.45) is 0. The number of fused-ring (bicyclic) bond motifs is 2. The molecule has 2 heterocycles. The Balaban J connectivity index is 1.82. The van der Waals surface area contributed by atoms with E-state index >= 15 is 0 Å². The summed E-state index contributed by atoms with van der Waals surface area (Å²) in [5.74, 6) is -0.227. The number of likely N-dealkylation sites (N-methyl/N-ethyl adjacent to an activating group) is 1. The number of hydrogen-bond acceptors (Lipinski definition) is 4. The van der Waals surface area contributed by atoms with Crippen LogP contribution >= 0.6 is 0 Å². The minimum atomic E-state index is -1.14. The molecule has 6 nitrogen and oxygen atoms in total. The van der Waals surface area contributed by atoms with Crippen molar-refractivity contribution >= 4 is 22.7 Å². The highest BCUT2D eigenvalue weighted by molar-refractivity contribution is 5.83. The Morgan fingerprint density at radius 2 is 1.69 bits per heavy atom. The first-order valence-electron chi connectivity index (χ1n) is 11.2. The molecule has 0 saturated carbocycles. The number of hydrogen-bond donors (Lipinski definition) is 0. The first-order chi connectivity index (χ1) is 14.9. The molecule has 1 atom stereocenters. The summed E-state index contributed by atoms with van der Waals surface area (Å²) in [4.78, 5) is 29.1. The summed E-state index contributed by atoms with van der Waals surface area (Å²) in [6.45, 7) is 12.5. The lowest BCUT2D eigenvalue weighted by molar-refractivity contribution is -0.164. The zero-order valence-electron chi connectivity index (χ0n) is 20.1. The highest BCUT2D eigenvalue weighted by Gasteiger charge is 2.38. The number of imidazole rings is 1. The normalized spacial score (nSPS) is 16.5. The zero-order valence-corrected chi connectivity index (χ0v) is 20.1. The van der Waals surface area contributed by atoms with Gasteiger partial charge in [-0.25, -0.2) is 9.59 Å². The molecule has 0 bridgehead atoms. The van der Waals surface area contributed by atoms with Crippen LogP contribution in [0.3, 0.4) is 0 Å². The third kappa shape index (κ3) is 3.61. The van der Waals surface area contributed by atoms with Crippen molar-refractivity contribution in [3.05, 3.63) is 64.1 Å². The molecule has 1 aliphatic heterocycles. The maximum Gasteiger partial charge on any atom is 0.332 e. The lowest BCUT2D eigenvalue weighted by Crippen LogP contribution is -2.46. The van der Waals surface area contributed by atoms with E-state index in [-0.39, 0.29) is 11.6 Å². The van der Waals surface area contributed by atoms with Gasteiger partial charge in [-0.05, 0) is 70.9 Å². The number of anilines is 1. The van der Waals surface area contributed by atoms with E-state index in [2.05, 4.69) is 37.1 Å². The fourth-order valence-corrected chi connectivity index (χ4v) is 4.84. The molecule has 1 unspecified atom stereocenters. The third-order valence-electron chi connectivity index (χ3n) is 6.31. The predicted molar refractivity (Wildman–Crippen MR) is 129 cm³/mol. The minimum Gasteiger partial charge on any atom is -0.458 e. The second kappa shape index (κ2) is 7.54. The van der Waals surface area contributed by atoms with Crippen molar-refractivity contribution < 1.29 is 9.53 Å². The average Bonchev–Trinajstić information content (AvgIpc) is 3.16. The highest BCUT2D eigenvalue weighted by atomic mass is 16.6. The number of nitrogens with zero attached hydrogens (tertiary/aromatic N) is 3. The van der Waals surface area contributed by atoms with Gasteiger partial charge in [-0.2, -0.15) is 0 Å². The van der Waals surface area contributed by atoms with Crippen molar-refractivity contribution in [3.8, 4) is 0 Å². The van der Waals surface area contributed by atoms with E-state index < -0.39 is 17.1 Å². The monoisotopic (exact) mass is 435 g/mol. The molecule has 0 saturated heterocycles. The van der Waals surface area contributed by atoms with Crippen molar-refractivity contribution in [2.45, 2.75) is 65.1 Å². The third-order valence-corrected chi connectivity index (χ3v) is 6.31. The molecule has 6 heteroatoms. The average molecular weight is 436 g/mol. The first kappa shape index (κ1) is 22.2. The van der Waals surface area contributed by atoms with Gasteiger partial charge in [0.15, 0.2) is 0 Å². The second-order valence-electron chi connectivity index (χ2n) is 10.4. The number of carbonyl (C=O) groups is 1. The van der Waals surface area contributed by atoms with Crippen molar-refractivity contribution in [1.29, 1.82) is 0 Å². The molecule has 0 N–H and O–H groups in total. The molecule has 3 aromatic rings. The molecule has 32 heavy (non-hydrogen) atoms. The van der Waals surface area contributed by atoms with Gasteiger partial charge in [0, 0.05) is 31.7 Å². The van der Waals surface area contributed by atoms with Crippen LogP contribution in [0.15, 0.2) is 47.3 Å². The molecule has 0 radical (unpaired) electrons. The molecule has 1 aliphatic rings. The number of esters is 1. The van der Waals surface area contributed by atoms with E-state index in [1.807, 2.05) is 49.6 Å². The molecule has 0 fully saturated rings. The van der Waals surface area contributed by atoms with Crippen LogP contribution in [-0.2, 0) is 21.6 Å². The Labute approximate surface area is 189 Å². The van der Waals surface area contributed by atoms with E-state index in [9.17, 15) is 9.59 Å². The number of rotatable bonds is 4. The summed E-state index contributed by atoms with van der Waals surface area (Å²) in [5, 5.41) is 0. The highest BCUT2D eigenvalue weighted by Crippen LogP contribution is 2.38. The Morgan fingerprint density at radius 1 is 1.03 bits per heavy atom. The molecule has 170 valence electrons. The van der Waals surface area contributed by atoms with Crippen LogP contribution in [0.5, 0.6) is 0 Å². The number of aromatic nitrogens is 2. The van der Waals surface area contributed by atoms with E-state index in [0.717, 1.165) is 17.6 Å². The Morgan fingerprint density at radius 3 is 2.34 bits per heavy atom. The molecule has 0 spiro atoms. The standard InChI is InChI=1S/C26H33N3O3/c1-17-11-10-14-21-22(17)18(15-27(21)7)16-28-19-12-8-9-13-20(19)29(24(28)31)26(5,6)23(30)32-25(2,3)4/h8-14,18H,15-16H2,1-7H3. The van der Waals surface area contributed by atoms with Gasteiger partial charge in [0.25, 0.3) is 0 Å². The van der Waals surface area contributed by atoms with Crippen LogP contribution in [0.4, 0.5) is 5.69 Å². The number of benzene rings is 2. The van der Waals surface area contributed by atoms with Crippen molar-refractivity contribution in [2.24, 2.45) is 0 Å². The number of para-hydroxylation sites is 2. The summed E-state index contributed by atoms with van der Waals surface area (Å²) in [7, 11) is 2.09. The second-order valence-corrected chi connectivity index (χ2v) is 10.4. The van der Waals surface area contributed by atoms with Gasteiger partial charge >= 0.3 is 11.7 Å². The summed E-state index contributed by atoms with van der Waals surface area (Å²) >= 11 is 0. The SMILES string of the molecule is Cc1cccc2c1C(Cn1c(=O)n(C(C)(C)C(=O)OC(C)(C)C)c3ccccc31)CN2C. The predicted octanol–water partition coefficient (Wildman–Crippen LogP) is 4.42. The Kier molecular flexibility index (Phi) is 5.23. The Bertz CT molecular complexity index is 1240. The first-order valence-corrected chi connectivity index (χ1v) is 11.2. The summed E-state index contributed by atoms with van der Waals surface area (Å²) in [5.41, 5.74) is 3.37. The van der Waals surface area contributed by atoms with E-state index in [4.69, 9.17) is 4.74 Å². The summed E-state index contributed by atoms with van der Waals surface area (Å²) < 4.78 is 9.08. The topological polar surface area (TPSA) is 56.5 Å². The molecule has 0 amide bonds. The van der Waals surface area contributed by atoms with Crippen molar-refractivity contribution in [2.75, 3.05) is 18.5 Å².